The molecule has 0 saturated carbocycles. The molecule has 1 aromatic carbocycles. The fourth-order valence-corrected chi connectivity index (χ4v) is 1.86. The van der Waals surface area contributed by atoms with Crippen LogP contribution < -0.4 is 5.32 Å². The van der Waals surface area contributed by atoms with Crippen molar-refractivity contribution in [1.82, 2.24) is 4.98 Å². The van der Waals surface area contributed by atoms with Gasteiger partial charge < -0.3 is 5.32 Å². The van der Waals surface area contributed by atoms with E-state index in [0.717, 1.165) is 18.3 Å². The van der Waals surface area contributed by atoms with Crippen LogP contribution in [0, 0.1) is 15.9 Å². The lowest BCUT2D eigenvalue weighted by molar-refractivity contribution is -0.385. The molecule has 108 valence electrons. The molecule has 0 saturated heterocycles. The average Bonchev–Trinajstić information content (AvgIpc) is 2.42. The van der Waals surface area contributed by atoms with Crippen molar-refractivity contribution in [2.24, 2.45) is 0 Å². The van der Waals surface area contributed by atoms with Gasteiger partial charge in [0.15, 0.2) is 0 Å². The van der Waals surface area contributed by atoms with Gasteiger partial charge in [-0.25, -0.2) is 9.37 Å². The minimum absolute atomic E-state index is 0.0997. The molecule has 6 nitrogen and oxygen atoms in total. The molecule has 0 aliphatic carbocycles. The second-order valence-corrected chi connectivity index (χ2v) is 4.68. The van der Waals surface area contributed by atoms with E-state index in [1.54, 1.807) is 0 Å². The number of aromatic nitrogens is 1. The smallest absolute Gasteiger partial charge is 0.300 e. The van der Waals surface area contributed by atoms with Crippen LogP contribution in [0.3, 0.4) is 0 Å². The molecule has 2 rings (SSSR count). The number of pyridine rings is 1. The van der Waals surface area contributed by atoms with Gasteiger partial charge in [0.2, 0.25) is 0 Å². The molecule has 0 unspecified atom stereocenters. The highest BCUT2D eigenvalue weighted by molar-refractivity contribution is 6.31. The number of nitro groups is 1. The maximum absolute atomic E-state index is 13.5. The topological polar surface area (TPSA) is 85.1 Å². The van der Waals surface area contributed by atoms with Crippen molar-refractivity contribution in [2.75, 3.05) is 5.32 Å². The Bertz CT molecular complexity index is 740. The van der Waals surface area contributed by atoms with Crippen molar-refractivity contribution >= 4 is 40.5 Å². The van der Waals surface area contributed by atoms with Crippen molar-refractivity contribution in [1.29, 1.82) is 0 Å². The largest absolute Gasteiger partial charge is 0.319 e. The predicted octanol–water partition coefficient (Wildman–Crippen LogP) is 3.69. The number of benzene rings is 1. The van der Waals surface area contributed by atoms with Crippen molar-refractivity contribution < 1.29 is 14.1 Å². The molecule has 0 bridgehead atoms. The number of anilines is 1. The monoisotopic (exact) mass is 329 g/mol. The summed E-state index contributed by atoms with van der Waals surface area (Å²) in [5.41, 5.74) is -1.08. The second kappa shape index (κ2) is 6.02. The number of carbonyl (C=O) groups is 1. The van der Waals surface area contributed by atoms with Gasteiger partial charge in [-0.2, -0.15) is 0 Å². The zero-order valence-electron chi connectivity index (χ0n) is 10.1. The molecule has 9 heteroatoms. The molecule has 1 aromatic heterocycles. The van der Waals surface area contributed by atoms with Gasteiger partial charge >= 0.3 is 0 Å². The molecule has 1 amide bonds. The van der Waals surface area contributed by atoms with E-state index in [-0.39, 0.29) is 21.4 Å². The highest BCUT2D eigenvalue weighted by atomic mass is 35.5. The summed E-state index contributed by atoms with van der Waals surface area (Å²) >= 11 is 11.3. The van der Waals surface area contributed by atoms with Crippen molar-refractivity contribution in [2.45, 2.75) is 0 Å². The summed E-state index contributed by atoms with van der Waals surface area (Å²) in [5, 5.41) is 13.2. The lowest BCUT2D eigenvalue weighted by Crippen LogP contribution is -2.15. The standard InChI is InChI=1S/C12H6Cl2FN3O3/c13-6-1-2-8(15)9(3-6)17-12(19)7-4-11(14)16-5-10(7)18(20)21/h1-5H,(H,17,19). The summed E-state index contributed by atoms with van der Waals surface area (Å²) in [4.78, 5) is 25.6. The molecular weight excluding hydrogens is 324 g/mol. The molecule has 0 fully saturated rings. The van der Waals surface area contributed by atoms with Gasteiger partial charge in [-0.15, -0.1) is 0 Å². The van der Waals surface area contributed by atoms with Gasteiger partial charge in [-0.1, -0.05) is 23.2 Å². The van der Waals surface area contributed by atoms with E-state index >= 15 is 0 Å². The lowest BCUT2D eigenvalue weighted by atomic mass is 10.2. The molecule has 0 aliphatic rings. The highest BCUT2D eigenvalue weighted by Gasteiger charge is 2.22. The average molecular weight is 330 g/mol. The molecule has 0 radical (unpaired) electrons. The Balaban J connectivity index is 2.39. The van der Waals surface area contributed by atoms with E-state index in [1.807, 2.05) is 0 Å². The molecule has 0 spiro atoms. The molecular formula is C12H6Cl2FN3O3. The zero-order chi connectivity index (χ0) is 15.6. The van der Waals surface area contributed by atoms with Crippen LogP contribution in [0.5, 0.6) is 0 Å². The minimum atomic E-state index is -0.896. The lowest BCUT2D eigenvalue weighted by Gasteiger charge is -2.07. The maximum atomic E-state index is 13.5. The van der Waals surface area contributed by atoms with Crippen LogP contribution in [-0.4, -0.2) is 15.8 Å². The number of amides is 1. The first-order chi connectivity index (χ1) is 9.88. The number of halogens is 3. The normalized spacial score (nSPS) is 10.2. The first-order valence-corrected chi connectivity index (χ1v) is 6.20. The van der Waals surface area contributed by atoms with E-state index in [1.165, 1.54) is 12.1 Å². The first kappa shape index (κ1) is 15.1. The molecule has 0 atom stereocenters. The number of rotatable bonds is 3. The maximum Gasteiger partial charge on any atom is 0.300 e. The number of nitrogens with one attached hydrogen (secondary N) is 1. The highest BCUT2D eigenvalue weighted by Crippen LogP contribution is 2.24. The number of hydrogen-bond acceptors (Lipinski definition) is 4. The van der Waals surface area contributed by atoms with Gasteiger partial charge in [-0.3, -0.25) is 14.9 Å². The molecule has 2 aromatic rings. The third kappa shape index (κ3) is 3.45. The Labute approximate surface area is 127 Å². The van der Waals surface area contributed by atoms with Crippen LogP contribution in [-0.2, 0) is 0 Å². The van der Waals surface area contributed by atoms with Gasteiger partial charge in [-0.05, 0) is 24.3 Å². The van der Waals surface area contributed by atoms with E-state index in [2.05, 4.69) is 10.3 Å². The Hall–Kier alpha value is -2.25. The Morgan fingerprint density at radius 3 is 2.71 bits per heavy atom. The van der Waals surface area contributed by atoms with Crippen LogP contribution in [0.15, 0.2) is 30.5 Å². The van der Waals surface area contributed by atoms with E-state index in [4.69, 9.17) is 23.2 Å². The zero-order valence-corrected chi connectivity index (χ0v) is 11.7. The van der Waals surface area contributed by atoms with Gasteiger partial charge in [0.25, 0.3) is 11.6 Å². The van der Waals surface area contributed by atoms with Crippen LogP contribution >= 0.6 is 23.2 Å². The Kier molecular flexibility index (Phi) is 4.35. The summed E-state index contributed by atoms with van der Waals surface area (Å²) in [6, 6.07) is 4.57. The van der Waals surface area contributed by atoms with Crippen molar-refractivity contribution in [3.05, 3.63) is 62.1 Å². The second-order valence-electron chi connectivity index (χ2n) is 3.86. The van der Waals surface area contributed by atoms with Crippen LogP contribution in [0.25, 0.3) is 0 Å². The molecule has 0 aliphatic heterocycles. The van der Waals surface area contributed by atoms with E-state index in [9.17, 15) is 19.3 Å². The number of carbonyl (C=O) groups excluding carboxylic acids is 1. The van der Waals surface area contributed by atoms with Crippen molar-refractivity contribution in [3.8, 4) is 0 Å². The number of nitrogens with zero attached hydrogens (tertiary/aromatic N) is 2. The summed E-state index contributed by atoms with van der Waals surface area (Å²) < 4.78 is 13.5. The quantitative estimate of drug-likeness (QED) is 0.528. The molecule has 1 heterocycles. The summed E-state index contributed by atoms with van der Waals surface area (Å²) in [6.07, 6.45) is 0.853. The van der Waals surface area contributed by atoms with Crippen molar-refractivity contribution in [3.63, 3.8) is 0 Å². The molecule has 1 N–H and O–H groups in total. The minimum Gasteiger partial charge on any atom is -0.319 e. The number of hydrogen-bond donors (Lipinski definition) is 1. The van der Waals surface area contributed by atoms with Gasteiger partial charge in [0.1, 0.15) is 22.7 Å². The first-order valence-electron chi connectivity index (χ1n) is 5.45. The fraction of sp³-hybridized carbons (Fsp3) is 0. The fourth-order valence-electron chi connectivity index (χ4n) is 1.53. The third-order valence-corrected chi connectivity index (χ3v) is 2.91. The Morgan fingerprint density at radius 1 is 1.33 bits per heavy atom. The van der Waals surface area contributed by atoms with E-state index in [0.29, 0.717) is 0 Å². The van der Waals surface area contributed by atoms with E-state index < -0.39 is 22.3 Å². The molecule has 21 heavy (non-hydrogen) atoms. The summed E-state index contributed by atoms with van der Waals surface area (Å²) in [5.74, 6) is -1.62. The third-order valence-electron chi connectivity index (χ3n) is 2.47. The van der Waals surface area contributed by atoms with Crippen LogP contribution in [0.1, 0.15) is 10.4 Å². The SMILES string of the molecule is O=C(Nc1cc(Cl)ccc1F)c1cc(Cl)ncc1[N+](=O)[O-]. The van der Waals surface area contributed by atoms with Gasteiger partial charge in [0, 0.05) is 5.02 Å². The van der Waals surface area contributed by atoms with Gasteiger partial charge in [0.05, 0.1) is 10.6 Å². The summed E-state index contributed by atoms with van der Waals surface area (Å²) in [7, 11) is 0. The predicted molar refractivity (Wildman–Crippen MR) is 75.3 cm³/mol. The Morgan fingerprint density at radius 2 is 2.05 bits per heavy atom. The van der Waals surface area contributed by atoms with Crippen LogP contribution in [0.4, 0.5) is 15.8 Å². The summed E-state index contributed by atoms with van der Waals surface area (Å²) in [6.45, 7) is 0. The van der Waals surface area contributed by atoms with Crippen LogP contribution in [0.2, 0.25) is 10.2 Å².